The molecular weight excluding hydrogens is 264 g/mol. The van der Waals surface area contributed by atoms with E-state index < -0.39 is 0 Å². The van der Waals surface area contributed by atoms with Gasteiger partial charge in [0.15, 0.2) is 5.82 Å². The van der Waals surface area contributed by atoms with E-state index in [2.05, 4.69) is 22.3 Å². The number of aromatic nitrogens is 2. The van der Waals surface area contributed by atoms with Crippen molar-refractivity contribution >= 4 is 5.82 Å². The van der Waals surface area contributed by atoms with Crippen LogP contribution in [0.25, 0.3) is 11.4 Å². The van der Waals surface area contributed by atoms with E-state index in [1.165, 1.54) is 19.3 Å². The third-order valence-electron chi connectivity index (χ3n) is 3.13. The van der Waals surface area contributed by atoms with Crippen LogP contribution < -0.4 is 16.0 Å². The zero-order valence-corrected chi connectivity index (χ0v) is 12.4. The first-order valence-electron chi connectivity index (χ1n) is 7.37. The van der Waals surface area contributed by atoms with Crippen molar-refractivity contribution in [2.75, 3.05) is 12.0 Å². The number of benzene rings is 1. The molecule has 0 saturated heterocycles. The van der Waals surface area contributed by atoms with E-state index in [1.54, 1.807) is 6.07 Å². The molecule has 0 amide bonds. The van der Waals surface area contributed by atoms with Crippen LogP contribution in [0.2, 0.25) is 0 Å². The Bertz CT molecular complexity index is 545. The van der Waals surface area contributed by atoms with Gasteiger partial charge in [-0.05, 0) is 6.42 Å². The zero-order valence-electron chi connectivity index (χ0n) is 12.4. The maximum atomic E-state index is 5.71. The lowest BCUT2D eigenvalue weighted by Gasteiger charge is -2.09. The highest BCUT2D eigenvalue weighted by molar-refractivity contribution is 5.57. The van der Waals surface area contributed by atoms with Gasteiger partial charge >= 0.3 is 0 Å². The van der Waals surface area contributed by atoms with Gasteiger partial charge in [-0.2, -0.15) is 4.98 Å². The van der Waals surface area contributed by atoms with Crippen molar-refractivity contribution in [3.63, 3.8) is 0 Å². The predicted octanol–water partition coefficient (Wildman–Crippen LogP) is 3.39. The Morgan fingerprint density at radius 3 is 2.62 bits per heavy atom. The smallest absolute Gasteiger partial charge is 0.219 e. The number of anilines is 1. The maximum Gasteiger partial charge on any atom is 0.219 e. The molecule has 0 saturated carbocycles. The van der Waals surface area contributed by atoms with Crippen LogP contribution in [0, 0.1) is 0 Å². The Morgan fingerprint density at radius 2 is 1.90 bits per heavy atom. The van der Waals surface area contributed by atoms with E-state index >= 15 is 0 Å². The van der Waals surface area contributed by atoms with Gasteiger partial charge in [0.2, 0.25) is 5.88 Å². The molecule has 0 radical (unpaired) electrons. The number of hydrogen-bond acceptors (Lipinski definition) is 5. The summed E-state index contributed by atoms with van der Waals surface area (Å²) in [5, 5.41) is 0. The fraction of sp³-hybridized carbons (Fsp3) is 0.375. The molecule has 3 N–H and O–H groups in total. The largest absolute Gasteiger partial charge is 0.478 e. The minimum atomic E-state index is 0.549. The third-order valence-corrected chi connectivity index (χ3v) is 3.13. The maximum absolute atomic E-state index is 5.71. The molecule has 0 atom stereocenters. The second-order valence-electron chi connectivity index (χ2n) is 4.83. The van der Waals surface area contributed by atoms with Gasteiger partial charge in [0.25, 0.3) is 0 Å². The lowest BCUT2D eigenvalue weighted by molar-refractivity contribution is 0.294. The average molecular weight is 286 g/mol. The molecule has 112 valence electrons. The molecule has 2 aromatic rings. The van der Waals surface area contributed by atoms with Gasteiger partial charge in [-0.15, -0.1) is 0 Å². The van der Waals surface area contributed by atoms with Gasteiger partial charge in [-0.1, -0.05) is 56.5 Å². The Labute approximate surface area is 125 Å². The molecule has 0 fully saturated rings. The highest BCUT2D eigenvalue weighted by atomic mass is 16.5. The monoisotopic (exact) mass is 286 g/mol. The molecule has 0 aliphatic heterocycles. The van der Waals surface area contributed by atoms with Gasteiger partial charge in [0.1, 0.15) is 5.82 Å². The third kappa shape index (κ3) is 4.72. The highest BCUT2D eigenvalue weighted by Crippen LogP contribution is 2.21. The van der Waals surface area contributed by atoms with Crippen molar-refractivity contribution in [1.82, 2.24) is 9.97 Å². The van der Waals surface area contributed by atoms with Crippen LogP contribution >= 0.6 is 0 Å². The van der Waals surface area contributed by atoms with E-state index in [0.717, 1.165) is 12.0 Å². The molecule has 0 unspecified atom stereocenters. The van der Waals surface area contributed by atoms with E-state index in [9.17, 15) is 0 Å². The summed E-state index contributed by atoms with van der Waals surface area (Å²) < 4.78 is 5.71. The number of ether oxygens (including phenoxy) is 1. The van der Waals surface area contributed by atoms with Gasteiger partial charge in [-0.25, -0.2) is 10.8 Å². The lowest BCUT2D eigenvalue weighted by atomic mass is 10.2. The first-order chi connectivity index (χ1) is 10.3. The minimum Gasteiger partial charge on any atom is -0.478 e. The number of hydrogen-bond donors (Lipinski definition) is 2. The SMILES string of the molecule is CCCCCCOc1cc(NN)nc(-c2ccccc2)n1. The number of nitrogen functional groups attached to an aromatic ring is 1. The normalized spacial score (nSPS) is 10.4. The quantitative estimate of drug-likeness (QED) is 0.442. The topological polar surface area (TPSA) is 73.1 Å². The highest BCUT2D eigenvalue weighted by Gasteiger charge is 2.07. The minimum absolute atomic E-state index is 0.549. The van der Waals surface area contributed by atoms with E-state index in [4.69, 9.17) is 10.6 Å². The molecular formula is C16H22N4O. The van der Waals surface area contributed by atoms with Crippen LogP contribution in [0.4, 0.5) is 5.82 Å². The van der Waals surface area contributed by atoms with Gasteiger partial charge in [0, 0.05) is 11.6 Å². The summed E-state index contributed by atoms with van der Waals surface area (Å²) in [6, 6.07) is 11.5. The number of nitrogens with zero attached hydrogens (tertiary/aromatic N) is 2. The summed E-state index contributed by atoms with van der Waals surface area (Å²) >= 11 is 0. The number of nitrogens with two attached hydrogens (primary N) is 1. The molecule has 0 aliphatic rings. The summed E-state index contributed by atoms with van der Waals surface area (Å²) in [7, 11) is 0. The molecule has 21 heavy (non-hydrogen) atoms. The molecule has 0 spiro atoms. The summed E-state index contributed by atoms with van der Waals surface area (Å²) in [5.41, 5.74) is 3.49. The Hall–Kier alpha value is -2.14. The molecule has 2 rings (SSSR count). The van der Waals surface area contributed by atoms with Crippen molar-refractivity contribution in [2.45, 2.75) is 32.6 Å². The van der Waals surface area contributed by atoms with Crippen LogP contribution in [0.15, 0.2) is 36.4 Å². The molecule has 1 aromatic heterocycles. The van der Waals surface area contributed by atoms with Crippen molar-refractivity contribution < 1.29 is 4.74 Å². The molecule has 0 aliphatic carbocycles. The van der Waals surface area contributed by atoms with Crippen molar-refractivity contribution in [2.24, 2.45) is 5.84 Å². The first kappa shape index (κ1) is 15.3. The number of nitrogens with one attached hydrogen (secondary N) is 1. The summed E-state index contributed by atoms with van der Waals surface area (Å²) in [6.07, 6.45) is 4.66. The number of rotatable bonds is 8. The Balaban J connectivity index is 2.07. The lowest BCUT2D eigenvalue weighted by Crippen LogP contribution is -2.10. The molecule has 1 aromatic carbocycles. The van der Waals surface area contributed by atoms with E-state index in [0.29, 0.717) is 24.1 Å². The van der Waals surface area contributed by atoms with Crippen LogP contribution in [0.1, 0.15) is 32.6 Å². The second-order valence-corrected chi connectivity index (χ2v) is 4.83. The van der Waals surface area contributed by atoms with E-state index in [1.807, 2.05) is 30.3 Å². The summed E-state index contributed by atoms with van der Waals surface area (Å²) in [6.45, 7) is 2.85. The standard InChI is InChI=1S/C16H22N4O/c1-2-3-4-8-11-21-15-12-14(20-17)18-16(19-15)13-9-6-5-7-10-13/h5-7,9-10,12H,2-4,8,11,17H2,1H3,(H,18,19,20). The van der Waals surface area contributed by atoms with Gasteiger partial charge in [0.05, 0.1) is 6.61 Å². The second kappa shape index (κ2) is 8.21. The molecule has 5 nitrogen and oxygen atoms in total. The van der Waals surface area contributed by atoms with Crippen molar-refractivity contribution in [3.05, 3.63) is 36.4 Å². The van der Waals surface area contributed by atoms with Crippen LogP contribution in [0.3, 0.4) is 0 Å². The zero-order chi connectivity index (χ0) is 14.9. The number of hydrazine groups is 1. The fourth-order valence-corrected chi connectivity index (χ4v) is 1.99. The molecule has 0 bridgehead atoms. The van der Waals surface area contributed by atoms with Crippen LogP contribution in [0.5, 0.6) is 5.88 Å². The Morgan fingerprint density at radius 1 is 1.10 bits per heavy atom. The molecule has 5 heteroatoms. The first-order valence-corrected chi connectivity index (χ1v) is 7.37. The van der Waals surface area contributed by atoms with Gasteiger partial charge in [-0.3, -0.25) is 0 Å². The van der Waals surface area contributed by atoms with Crippen LogP contribution in [-0.4, -0.2) is 16.6 Å². The Kier molecular flexibility index (Phi) is 5.97. The van der Waals surface area contributed by atoms with Crippen molar-refractivity contribution in [3.8, 4) is 17.3 Å². The number of unbranched alkanes of at least 4 members (excludes halogenated alkanes) is 3. The average Bonchev–Trinajstić information content (AvgIpc) is 2.55. The molecule has 1 heterocycles. The van der Waals surface area contributed by atoms with Crippen LogP contribution in [-0.2, 0) is 0 Å². The van der Waals surface area contributed by atoms with Crippen molar-refractivity contribution in [1.29, 1.82) is 0 Å². The van der Waals surface area contributed by atoms with E-state index in [-0.39, 0.29) is 0 Å². The summed E-state index contributed by atoms with van der Waals surface area (Å²) in [4.78, 5) is 8.79. The van der Waals surface area contributed by atoms with Gasteiger partial charge < -0.3 is 10.2 Å². The fourth-order valence-electron chi connectivity index (χ4n) is 1.99. The summed E-state index contributed by atoms with van der Waals surface area (Å²) in [5.74, 6) is 7.17. The predicted molar refractivity (Wildman–Crippen MR) is 84.9 cm³/mol.